The van der Waals surface area contributed by atoms with E-state index in [0.29, 0.717) is 18.1 Å². The van der Waals surface area contributed by atoms with Crippen LogP contribution in [0.3, 0.4) is 0 Å². The average molecular weight is 236 g/mol. The first kappa shape index (κ1) is 10.8. The van der Waals surface area contributed by atoms with Crippen LogP contribution in [0.2, 0.25) is 0 Å². The number of hydrogen-bond donors (Lipinski definition) is 1. The van der Waals surface area contributed by atoms with Crippen LogP contribution in [-0.4, -0.2) is 31.9 Å². The number of hydrogen-bond acceptors (Lipinski definition) is 3. The molecular formula is C9H11F3N2S. The first-order valence-electron chi connectivity index (χ1n) is 4.66. The fourth-order valence-corrected chi connectivity index (χ4v) is 2.50. The minimum absolute atomic E-state index is 0.0264. The molecule has 84 valence electrons. The molecule has 15 heavy (non-hydrogen) atoms. The van der Waals surface area contributed by atoms with E-state index in [-0.39, 0.29) is 6.54 Å². The zero-order valence-electron chi connectivity index (χ0n) is 7.92. The summed E-state index contributed by atoms with van der Waals surface area (Å²) in [6.45, 7) is 0.983. The van der Waals surface area contributed by atoms with Gasteiger partial charge in [-0.15, -0.1) is 11.3 Å². The molecule has 0 spiro atoms. The Morgan fingerprint density at radius 3 is 2.87 bits per heavy atom. The van der Waals surface area contributed by atoms with Crippen LogP contribution in [-0.2, 0) is 0 Å². The van der Waals surface area contributed by atoms with Gasteiger partial charge in [0.25, 0.3) is 0 Å². The Labute approximate surface area is 89.7 Å². The minimum Gasteiger partial charge on any atom is -0.349 e. The quantitative estimate of drug-likeness (QED) is 0.803. The average Bonchev–Trinajstić information content (AvgIpc) is 2.69. The summed E-state index contributed by atoms with van der Waals surface area (Å²) in [5.41, 5.74) is 0. The Hall–Kier alpha value is -0.750. The van der Waals surface area contributed by atoms with Crippen LogP contribution < -0.4 is 10.2 Å². The van der Waals surface area contributed by atoms with Crippen molar-refractivity contribution in [2.45, 2.75) is 12.2 Å². The highest BCUT2D eigenvalue weighted by Gasteiger charge is 2.44. The summed E-state index contributed by atoms with van der Waals surface area (Å²) in [5, 5.41) is 5.27. The van der Waals surface area contributed by atoms with Gasteiger partial charge in [0.15, 0.2) is 0 Å². The van der Waals surface area contributed by atoms with E-state index in [1.807, 2.05) is 0 Å². The molecule has 6 heteroatoms. The molecule has 0 saturated carbocycles. The molecule has 0 amide bonds. The van der Waals surface area contributed by atoms with Crippen LogP contribution in [0.4, 0.5) is 18.2 Å². The number of halogens is 3. The third-order valence-electron chi connectivity index (χ3n) is 2.41. The molecule has 2 rings (SSSR count). The van der Waals surface area contributed by atoms with Crippen LogP contribution in [0.1, 0.15) is 0 Å². The second-order valence-electron chi connectivity index (χ2n) is 3.41. The molecule has 0 radical (unpaired) electrons. The third-order valence-corrected chi connectivity index (χ3v) is 3.32. The van der Waals surface area contributed by atoms with E-state index in [9.17, 15) is 13.2 Å². The van der Waals surface area contributed by atoms with E-state index in [2.05, 4.69) is 5.32 Å². The normalized spacial score (nSPS) is 23.1. The van der Waals surface area contributed by atoms with Crippen molar-refractivity contribution < 1.29 is 13.2 Å². The standard InChI is InChI=1S/C9H11F3N2S/c10-9(11,12)7-6-13-3-4-14(7)8-2-1-5-15-8/h1-2,5,7,13H,3-4,6H2. The van der Waals surface area contributed by atoms with Crippen LogP contribution >= 0.6 is 11.3 Å². The molecule has 1 fully saturated rings. The number of thiophene rings is 1. The van der Waals surface area contributed by atoms with E-state index in [1.54, 1.807) is 17.5 Å². The lowest BCUT2D eigenvalue weighted by molar-refractivity contribution is -0.149. The van der Waals surface area contributed by atoms with Crippen molar-refractivity contribution in [2.24, 2.45) is 0 Å². The number of piperazine rings is 1. The number of anilines is 1. The molecule has 1 saturated heterocycles. The lowest BCUT2D eigenvalue weighted by Gasteiger charge is -2.37. The molecule has 2 heterocycles. The smallest absolute Gasteiger partial charge is 0.349 e. The zero-order chi connectivity index (χ0) is 10.9. The molecule has 1 atom stereocenters. The highest BCUT2D eigenvalue weighted by molar-refractivity contribution is 7.14. The number of nitrogens with one attached hydrogen (secondary N) is 1. The van der Waals surface area contributed by atoms with E-state index < -0.39 is 12.2 Å². The van der Waals surface area contributed by atoms with E-state index in [4.69, 9.17) is 0 Å². The molecule has 1 unspecified atom stereocenters. The maximum atomic E-state index is 12.7. The highest BCUT2D eigenvalue weighted by Crippen LogP contribution is 2.32. The van der Waals surface area contributed by atoms with Gasteiger partial charge in [-0.3, -0.25) is 0 Å². The first-order chi connectivity index (χ1) is 7.09. The van der Waals surface area contributed by atoms with Gasteiger partial charge in [0, 0.05) is 19.6 Å². The molecule has 0 aromatic carbocycles. The van der Waals surface area contributed by atoms with Gasteiger partial charge in [-0.25, -0.2) is 0 Å². The summed E-state index contributed by atoms with van der Waals surface area (Å²) in [5.74, 6) is 0. The van der Waals surface area contributed by atoms with Gasteiger partial charge in [-0.1, -0.05) is 0 Å². The summed E-state index contributed by atoms with van der Waals surface area (Å²) >= 11 is 1.35. The van der Waals surface area contributed by atoms with Crippen LogP contribution in [0.5, 0.6) is 0 Å². The van der Waals surface area contributed by atoms with Gasteiger partial charge in [-0.2, -0.15) is 13.2 Å². The van der Waals surface area contributed by atoms with Crippen molar-refractivity contribution in [3.8, 4) is 0 Å². The topological polar surface area (TPSA) is 15.3 Å². The van der Waals surface area contributed by atoms with E-state index in [1.165, 1.54) is 16.2 Å². The molecule has 1 aliphatic heterocycles. The molecule has 1 aromatic heterocycles. The molecule has 1 aliphatic rings. The summed E-state index contributed by atoms with van der Waals surface area (Å²) in [7, 11) is 0. The maximum Gasteiger partial charge on any atom is 0.410 e. The molecule has 1 N–H and O–H groups in total. The molecule has 2 nitrogen and oxygen atoms in total. The fraction of sp³-hybridized carbons (Fsp3) is 0.556. The van der Waals surface area contributed by atoms with Gasteiger partial charge >= 0.3 is 6.18 Å². The third kappa shape index (κ3) is 2.26. The van der Waals surface area contributed by atoms with Crippen molar-refractivity contribution in [1.29, 1.82) is 0 Å². The van der Waals surface area contributed by atoms with Gasteiger partial charge < -0.3 is 10.2 Å². The second kappa shape index (κ2) is 4.02. The van der Waals surface area contributed by atoms with E-state index >= 15 is 0 Å². The molecular weight excluding hydrogens is 225 g/mol. The van der Waals surface area contributed by atoms with Crippen molar-refractivity contribution in [1.82, 2.24) is 5.32 Å². The lowest BCUT2D eigenvalue weighted by Crippen LogP contribution is -2.57. The number of alkyl halides is 3. The maximum absolute atomic E-state index is 12.7. The predicted molar refractivity (Wildman–Crippen MR) is 54.4 cm³/mol. The lowest BCUT2D eigenvalue weighted by atomic mass is 10.2. The molecule has 1 aromatic rings. The number of nitrogens with zero attached hydrogens (tertiary/aromatic N) is 1. The monoisotopic (exact) mass is 236 g/mol. The highest BCUT2D eigenvalue weighted by atomic mass is 32.1. The Kier molecular flexibility index (Phi) is 2.88. The number of rotatable bonds is 1. The van der Waals surface area contributed by atoms with Gasteiger partial charge in [-0.05, 0) is 17.5 Å². The van der Waals surface area contributed by atoms with Crippen LogP contribution in [0, 0.1) is 0 Å². The van der Waals surface area contributed by atoms with Crippen molar-refractivity contribution in [2.75, 3.05) is 24.5 Å². The second-order valence-corrected chi connectivity index (χ2v) is 4.33. The largest absolute Gasteiger partial charge is 0.410 e. The molecule has 0 bridgehead atoms. The van der Waals surface area contributed by atoms with E-state index in [0.717, 1.165) is 0 Å². The zero-order valence-corrected chi connectivity index (χ0v) is 8.74. The fourth-order valence-electron chi connectivity index (χ4n) is 1.69. The van der Waals surface area contributed by atoms with Crippen molar-refractivity contribution in [3.05, 3.63) is 17.5 Å². The Morgan fingerprint density at radius 1 is 1.47 bits per heavy atom. The summed E-state index contributed by atoms with van der Waals surface area (Å²) in [6.07, 6.45) is -4.17. The van der Waals surface area contributed by atoms with Gasteiger partial charge in [0.2, 0.25) is 0 Å². The Morgan fingerprint density at radius 2 is 2.27 bits per heavy atom. The SMILES string of the molecule is FC(F)(F)C1CNCCN1c1cccs1. The van der Waals surface area contributed by atoms with Crippen LogP contribution in [0.15, 0.2) is 17.5 Å². The summed E-state index contributed by atoms with van der Waals surface area (Å²) in [4.78, 5) is 1.43. The Bertz CT molecular complexity index is 310. The van der Waals surface area contributed by atoms with Gasteiger partial charge in [0.05, 0.1) is 5.00 Å². The van der Waals surface area contributed by atoms with Crippen molar-refractivity contribution in [3.63, 3.8) is 0 Å². The molecule has 0 aliphatic carbocycles. The van der Waals surface area contributed by atoms with Gasteiger partial charge in [0.1, 0.15) is 6.04 Å². The summed E-state index contributed by atoms with van der Waals surface area (Å²) in [6, 6.07) is 2.11. The first-order valence-corrected chi connectivity index (χ1v) is 5.54. The minimum atomic E-state index is -4.17. The predicted octanol–water partition coefficient (Wildman–Crippen LogP) is 2.09. The summed E-state index contributed by atoms with van der Waals surface area (Å²) < 4.78 is 38.1. The Balaban J connectivity index is 2.20. The van der Waals surface area contributed by atoms with Crippen molar-refractivity contribution >= 4 is 16.3 Å². The van der Waals surface area contributed by atoms with Crippen LogP contribution in [0.25, 0.3) is 0 Å².